The highest BCUT2D eigenvalue weighted by atomic mass is 16.7. The first kappa shape index (κ1) is 14.9. The summed E-state index contributed by atoms with van der Waals surface area (Å²) in [5.41, 5.74) is 0.864. The smallest absolute Gasteiger partial charge is 0.403 e. The molecular weight excluding hydrogens is 259 g/mol. The first-order valence-electron chi connectivity index (χ1n) is 7.84. The average Bonchev–Trinajstić information content (AvgIpc) is 2.59. The molecule has 0 atom stereocenters. The first-order valence-corrected chi connectivity index (χ1v) is 7.84. The summed E-state index contributed by atoms with van der Waals surface area (Å²) in [5, 5.41) is -0.0501. The van der Waals surface area contributed by atoms with Gasteiger partial charge in [-0.2, -0.15) is 0 Å². The Morgan fingerprint density at radius 2 is 1.57 bits per heavy atom. The lowest BCUT2D eigenvalue weighted by Gasteiger charge is -2.47. The summed E-state index contributed by atoms with van der Waals surface area (Å²) >= 11 is 0. The molecule has 0 amide bonds. The van der Waals surface area contributed by atoms with E-state index < -0.39 is 0 Å². The van der Waals surface area contributed by atoms with Gasteiger partial charge in [0, 0.05) is 5.31 Å². The summed E-state index contributed by atoms with van der Waals surface area (Å²) in [6.07, 6.45) is 4.16. The summed E-state index contributed by atoms with van der Waals surface area (Å²) in [6, 6.07) is 10.7. The van der Waals surface area contributed by atoms with Crippen LogP contribution in [0.1, 0.15) is 52.0 Å². The van der Waals surface area contributed by atoms with Crippen molar-refractivity contribution >= 4 is 7.12 Å². The van der Waals surface area contributed by atoms with Gasteiger partial charge in [0.2, 0.25) is 0 Å². The van der Waals surface area contributed by atoms with Gasteiger partial charge in [0.05, 0.1) is 11.2 Å². The first-order chi connectivity index (χ1) is 9.80. The maximum absolute atomic E-state index is 6.25. The van der Waals surface area contributed by atoms with E-state index in [1.165, 1.54) is 5.56 Å². The van der Waals surface area contributed by atoms with Crippen LogP contribution in [0.5, 0.6) is 0 Å². The summed E-state index contributed by atoms with van der Waals surface area (Å²) in [6.45, 7) is 12.5. The summed E-state index contributed by atoms with van der Waals surface area (Å²) in [4.78, 5) is 0. The Kier molecular flexibility index (Phi) is 3.34. The SMILES string of the molecule is C=CC1(B2OC(C)(C)C(C)(C)O2)CC(c2ccccc2)C1. The molecular formula is C18H25BO2. The second kappa shape index (κ2) is 4.72. The highest BCUT2D eigenvalue weighted by Gasteiger charge is 2.62. The van der Waals surface area contributed by atoms with Crippen LogP contribution in [0.2, 0.25) is 5.31 Å². The lowest BCUT2D eigenvalue weighted by molar-refractivity contribution is 0.00578. The van der Waals surface area contributed by atoms with Crippen molar-refractivity contribution in [3.63, 3.8) is 0 Å². The lowest BCUT2D eigenvalue weighted by Crippen LogP contribution is -2.43. The molecule has 3 rings (SSSR count). The fraction of sp³-hybridized carbons (Fsp3) is 0.556. The minimum atomic E-state index is -0.272. The molecule has 2 fully saturated rings. The van der Waals surface area contributed by atoms with Crippen LogP contribution in [0.25, 0.3) is 0 Å². The maximum atomic E-state index is 6.25. The van der Waals surface area contributed by atoms with E-state index in [-0.39, 0.29) is 23.6 Å². The fourth-order valence-electron chi connectivity index (χ4n) is 3.35. The Labute approximate surface area is 128 Å². The number of rotatable bonds is 3. The molecule has 1 heterocycles. The van der Waals surface area contributed by atoms with Gasteiger partial charge in [0.25, 0.3) is 0 Å². The summed E-state index contributed by atoms with van der Waals surface area (Å²) < 4.78 is 12.5. The Morgan fingerprint density at radius 3 is 2.05 bits per heavy atom. The van der Waals surface area contributed by atoms with E-state index in [9.17, 15) is 0 Å². The zero-order valence-corrected chi connectivity index (χ0v) is 13.6. The third-order valence-electron chi connectivity index (χ3n) is 5.65. The van der Waals surface area contributed by atoms with E-state index in [4.69, 9.17) is 9.31 Å². The minimum absolute atomic E-state index is 0.0501. The molecule has 1 aliphatic heterocycles. The minimum Gasteiger partial charge on any atom is -0.403 e. The molecule has 3 heteroatoms. The molecule has 1 aliphatic carbocycles. The van der Waals surface area contributed by atoms with Gasteiger partial charge in [0.1, 0.15) is 0 Å². The number of hydrogen-bond acceptors (Lipinski definition) is 2. The molecule has 1 aromatic carbocycles. The third kappa shape index (κ3) is 2.27. The highest BCUT2D eigenvalue weighted by Crippen LogP contribution is 2.62. The summed E-state index contributed by atoms with van der Waals surface area (Å²) in [7, 11) is -0.181. The van der Waals surface area contributed by atoms with E-state index in [0.717, 1.165) is 12.8 Å². The monoisotopic (exact) mass is 284 g/mol. The van der Waals surface area contributed by atoms with Crippen LogP contribution >= 0.6 is 0 Å². The van der Waals surface area contributed by atoms with Crippen LogP contribution in [0, 0.1) is 0 Å². The molecule has 1 aromatic rings. The van der Waals surface area contributed by atoms with Crippen molar-refractivity contribution in [2.75, 3.05) is 0 Å². The Hall–Kier alpha value is -1.06. The molecule has 0 unspecified atom stereocenters. The van der Waals surface area contributed by atoms with E-state index >= 15 is 0 Å². The number of allylic oxidation sites excluding steroid dienone is 1. The van der Waals surface area contributed by atoms with Gasteiger partial charge in [-0.15, -0.1) is 6.58 Å². The van der Waals surface area contributed by atoms with Crippen molar-refractivity contribution in [1.82, 2.24) is 0 Å². The lowest BCUT2D eigenvalue weighted by atomic mass is 9.43. The molecule has 0 spiro atoms. The molecule has 112 valence electrons. The van der Waals surface area contributed by atoms with Crippen LogP contribution in [-0.2, 0) is 9.31 Å². The molecule has 0 bridgehead atoms. The zero-order chi connectivity index (χ0) is 15.3. The predicted molar refractivity (Wildman–Crippen MR) is 87.4 cm³/mol. The molecule has 0 aromatic heterocycles. The fourth-order valence-corrected chi connectivity index (χ4v) is 3.35. The Bertz CT molecular complexity index is 513. The average molecular weight is 284 g/mol. The van der Waals surface area contributed by atoms with Gasteiger partial charge < -0.3 is 9.31 Å². The third-order valence-corrected chi connectivity index (χ3v) is 5.65. The highest BCUT2D eigenvalue weighted by molar-refractivity contribution is 6.51. The normalized spacial score (nSPS) is 33.5. The molecule has 1 saturated carbocycles. The van der Waals surface area contributed by atoms with E-state index in [1.807, 2.05) is 0 Å². The van der Waals surface area contributed by atoms with Gasteiger partial charge in [-0.3, -0.25) is 0 Å². The van der Waals surface area contributed by atoms with Crippen molar-refractivity contribution in [3.8, 4) is 0 Å². The van der Waals surface area contributed by atoms with Crippen LogP contribution in [0.4, 0.5) is 0 Å². The van der Waals surface area contributed by atoms with Crippen LogP contribution in [0.3, 0.4) is 0 Å². The second-order valence-corrected chi connectivity index (χ2v) is 7.54. The quantitative estimate of drug-likeness (QED) is 0.597. The van der Waals surface area contributed by atoms with Crippen molar-refractivity contribution in [1.29, 1.82) is 0 Å². The molecule has 2 nitrogen and oxygen atoms in total. The van der Waals surface area contributed by atoms with Gasteiger partial charge in [-0.1, -0.05) is 36.4 Å². The van der Waals surface area contributed by atoms with Gasteiger partial charge in [-0.05, 0) is 52.0 Å². The summed E-state index contributed by atoms with van der Waals surface area (Å²) in [5.74, 6) is 0.586. The van der Waals surface area contributed by atoms with Gasteiger partial charge in [0.15, 0.2) is 0 Å². The second-order valence-electron chi connectivity index (χ2n) is 7.54. The standard InChI is InChI=1S/C18H25BO2/c1-6-18(19-20-16(2,3)17(4,5)21-19)12-15(13-18)14-10-8-7-9-11-14/h6-11,15H,1,12-13H2,2-5H3. The Balaban J connectivity index is 1.75. The molecule has 0 N–H and O–H groups in total. The van der Waals surface area contributed by atoms with E-state index in [0.29, 0.717) is 5.92 Å². The van der Waals surface area contributed by atoms with Gasteiger partial charge >= 0.3 is 7.12 Å². The zero-order valence-electron chi connectivity index (χ0n) is 13.6. The number of hydrogen-bond donors (Lipinski definition) is 0. The van der Waals surface area contributed by atoms with Crippen LogP contribution in [0.15, 0.2) is 43.0 Å². The largest absolute Gasteiger partial charge is 0.468 e. The molecule has 21 heavy (non-hydrogen) atoms. The van der Waals surface area contributed by atoms with E-state index in [1.54, 1.807) is 0 Å². The maximum Gasteiger partial charge on any atom is 0.468 e. The van der Waals surface area contributed by atoms with E-state index in [2.05, 4.69) is 70.7 Å². The number of benzene rings is 1. The molecule has 0 radical (unpaired) electrons. The van der Waals surface area contributed by atoms with Crippen LogP contribution in [-0.4, -0.2) is 18.3 Å². The predicted octanol–water partition coefficient (Wildman–Crippen LogP) is 4.58. The van der Waals surface area contributed by atoms with Crippen molar-refractivity contribution < 1.29 is 9.31 Å². The van der Waals surface area contributed by atoms with Crippen LogP contribution < -0.4 is 0 Å². The van der Waals surface area contributed by atoms with Gasteiger partial charge in [-0.25, -0.2) is 0 Å². The molecule has 1 saturated heterocycles. The van der Waals surface area contributed by atoms with Crippen molar-refractivity contribution in [3.05, 3.63) is 48.6 Å². The Morgan fingerprint density at radius 1 is 1.05 bits per heavy atom. The molecule has 2 aliphatic rings. The van der Waals surface area contributed by atoms with Crippen molar-refractivity contribution in [2.45, 2.75) is 63.0 Å². The van der Waals surface area contributed by atoms with Crippen molar-refractivity contribution in [2.24, 2.45) is 0 Å². The topological polar surface area (TPSA) is 18.5 Å².